The molecule has 1 saturated heterocycles. The Kier molecular flexibility index (Phi) is 7.11. The maximum Gasteiger partial charge on any atom is 0.326 e. The fourth-order valence-electron chi connectivity index (χ4n) is 4.81. The third-order valence-corrected chi connectivity index (χ3v) is 6.66. The van der Waals surface area contributed by atoms with Gasteiger partial charge < -0.3 is 23.9 Å². The molecule has 196 valence electrons. The number of carboxylic acids is 1. The lowest BCUT2D eigenvalue weighted by atomic mass is 10.0. The van der Waals surface area contributed by atoms with Gasteiger partial charge in [0.05, 0.1) is 18.3 Å². The molecule has 0 aliphatic carbocycles. The van der Waals surface area contributed by atoms with Crippen molar-refractivity contribution in [2.45, 2.75) is 32.1 Å². The summed E-state index contributed by atoms with van der Waals surface area (Å²) >= 11 is 0. The van der Waals surface area contributed by atoms with E-state index in [9.17, 15) is 23.5 Å². The lowest BCUT2D eigenvalue weighted by molar-refractivity contribution is -0.141. The summed E-state index contributed by atoms with van der Waals surface area (Å²) in [5, 5.41) is 9.43. The monoisotopic (exact) mass is 521 g/mol. The molecule has 0 radical (unpaired) electrons. The van der Waals surface area contributed by atoms with Crippen molar-refractivity contribution in [1.82, 2.24) is 4.90 Å². The number of fused-ring (bicyclic) bond motifs is 1. The number of methoxy groups -OCH3 is 1. The molecule has 5 rings (SSSR count). The third kappa shape index (κ3) is 4.84. The van der Waals surface area contributed by atoms with E-state index in [-0.39, 0.29) is 30.1 Å². The first-order valence-corrected chi connectivity index (χ1v) is 12.1. The molecule has 0 saturated carbocycles. The van der Waals surface area contributed by atoms with Crippen LogP contribution in [0.4, 0.5) is 8.78 Å². The first kappa shape index (κ1) is 25.4. The van der Waals surface area contributed by atoms with E-state index >= 15 is 0 Å². The summed E-state index contributed by atoms with van der Waals surface area (Å²) < 4.78 is 45.4. The summed E-state index contributed by atoms with van der Waals surface area (Å²) in [4.78, 5) is 25.7. The molecular formula is C29H25F2NO6. The van der Waals surface area contributed by atoms with Crippen molar-refractivity contribution in [3.8, 4) is 16.9 Å². The standard InChI is InChI=1S/C29H25F2NO6/c1-36-15-20-16-38-27-22(13-23(30)26(31)25(20)27)18-7-9-21(10-8-18)37-14-17-4-2-5-19(12-17)28(33)32-11-3-6-24(32)29(34)35/h2,4-5,7-10,12-13,16,24H,3,6,11,14-15H2,1H3,(H,34,35)/t24-/m0/s1. The van der Waals surface area contributed by atoms with Gasteiger partial charge in [0.1, 0.15) is 24.0 Å². The lowest BCUT2D eigenvalue weighted by Gasteiger charge is -2.21. The minimum absolute atomic E-state index is 0.0558. The molecule has 0 bridgehead atoms. The largest absolute Gasteiger partial charge is 0.489 e. The van der Waals surface area contributed by atoms with Crippen LogP contribution in [0.25, 0.3) is 22.1 Å². The molecule has 1 fully saturated rings. The van der Waals surface area contributed by atoms with Gasteiger partial charge in [-0.1, -0.05) is 24.3 Å². The number of carbonyl (C=O) groups excluding carboxylic acids is 1. The van der Waals surface area contributed by atoms with E-state index < -0.39 is 23.6 Å². The predicted molar refractivity (Wildman–Crippen MR) is 135 cm³/mol. The molecular weight excluding hydrogens is 496 g/mol. The summed E-state index contributed by atoms with van der Waals surface area (Å²) in [6.07, 6.45) is 2.47. The zero-order chi connectivity index (χ0) is 26.8. The van der Waals surface area contributed by atoms with E-state index in [0.717, 1.165) is 11.6 Å². The quantitative estimate of drug-likeness (QED) is 0.316. The van der Waals surface area contributed by atoms with Crippen LogP contribution in [0, 0.1) is 11.6 Å². The molecule has 3 aromatic carbocycles. The normalized spacial score (nSPS) is 15.2. The Balaban J connectivity index is 1.31. The number of ether oxygens (including phenoxy) is 2. The van der Waals surface area contributed by atoms with E-state index in [1.807, 2.05) is 6.07 Å². The summed E-state index contributed by atoms with van der Waals surface area (Å²) in [7, 11) is 1.46. The zero-order valence-electron chi connectivity index (χ0n) is 20.6. The molecule has 38 heavy (non-hydrogen) atoms. The fourth-order valence-corrected chi connectivity index (χ4v) is 4.81. The van der Waals surface area contributed by atoms with Gasteiger partial charge in [0.2, 0.25) is 0 Å². The summed E-state index contributed by atoms with van der Waals surface area (Å²) in [6, 6.07) is 14.1. The minimum atomic E-state index is -0.995. The molecule has 1 atom stereocenters. The van der Waals surface area contributed by atoms with Crippen LogP contribution < -0.4 is 4.74 Å². The molecule has 1 aliphatic rings. The Labute approximate surface area is 217 Å². The molecule has 1 aliphatic heterocycles. The second-order valence-electron chi connectivity index (χ2n) is 9.13. The van der Waals surface area contributed by atoms with Crippen LogP contribution in [0.2, 0.25) is 0 Å². The molecule has 7 nitrogen and oxygen atoms in total. The highest BCUT2D eigenvalue weighted by Gasteiger charge is 2.34. The zero-order valence-corrected chi connectivity index (χ0v) is 20.6. The molecule has 4 aromatic rings. The highest BCUT2D eigenvalue weighted by Crippen LogP contribution is 2.36. The van der Waals surface area contributed by atoms with E-state index in [4.69, 9.17) is 13.9 Å². The van der Waals surface area contributed by atoms with Crippen LogP contribution in [0.3, 0.4) is 0 Å². The SMILES string of the molecule is COCc1coc2c(-c3ccc(OCc4cccc(C(=O)N5CCC[C@H]5C(=O)O)c4)cc3)cc(F)c(F)c12. The predicted octanol–water partition coefficient (Wildman–Crippen LogP) is 5.79. The third-order valence-electron chi connectivity index (χ3n) is 6.66. The van der Waals surface area contributed by atoms with Crippen molar-refractivity contribution >= 4 is 22.8 Å². The number of benzene rings is 3. The maximum absolute atomic E-state index is 14.5. The van der Waals surface area contributed by atoms with E-state index in [0.29, 0.717) is 47.4 Å². The van der Waals surface area contributed by atoms with Gasteiger partial charge in [-0.3, -0.25) is 4.79 Å². The Bertz CT molecular complexity index is 1500. The molecule has 1 N–H and O–H groups in total. The van der Waals surface area contributed by atoms with E-state index in [1.54, 1.807) is 42.5 Å². The first-order valence-electron chi connectivity index (χ1n) is 12.1. The van der Waals surface area contributed by atoms with Crippen LogP contribution in [-0.4, -0.2) is 41.6 Å². The van der Waals surface area contributed by atoms with Crippen LogP contribution in [0.5, 0.6) is 5.75 Å². The van der Waals surface area contributed by atoms with Crippen molar-refractivity contribution in [3.63, 3.8) is 0 Å². The maximum atomic E-state index is 14.5. The van der Waals surface area contributed by atoms with Gasteiger partial charge in [-0.15, -0.1) is 0 Å². The Hall–Kier alpha value is -4.24. The Morgan fingerprint density at radius 1 is 1.11 bits per heavy atom. The number of carbonyl (C=O) groups is 2. The van der Waals surface area contributed by atoms with Crippen LogP contribution in [0.15, 0.2) is 65.3 Å². The van der Waals surface area contributed by atoms with Gasteiger partial charge in [0.15, 0.2) is 11.6 Å². The summed E-state index contributed by atoms with van der Waals surface area (Å²) in [5.41, 5.74) is 2.82. The van der Waals surface area contributed by atoms with Crippen molar-refractivity contribution in [2.75, 3.05) is 13.7 Å². The number of amides is 1. The van der Waals surface area contributed by atoms with Crippen LogP contribution in [-0.2, 0) is 22.7 Å². The van der Waals surface area contributed by atoms with Crippen LogP contribution in [0.1, 0.15) is 34.3 Å². The molecule has 0 spiro atoms. The van der Waals surface area contributed by atoms with Gasteiger partial charge in [0, 0.05) is 30.3 Å². The number of nitrogens with zero attached hydrogens (tertiary/aromatic N) is 1. The second-order valence-corrected chi connectivity index (χ2v) is 9.13. The van der Waals surface area contributed by atoms with Crippen molar-refractivity contribution in [3.05, 3.63) is 89.2 Å². The number of likely N-dealkylation sites (tertiary alicyclic amines) is 1. The highest BCUT2D eigenvalue weighted by molar-refractivity contribution is 5.97. The molecule has 2 heterocycles. The second kappa shape index (κ2) is 10.6. The van der Waals surface area contributed by atoms with Crippen molar-refractivity contribution in [2.24, 2.45) is 0 Å². The number of aliphatic carboxylic acids is 1. The average Bonchev–Trinajstić information content (AvgIpc) is 3.58. The van der Waals surface area contributed by atoms with Crippen molar-refractivity contribution < 1.29 is 37.4 Å². The Morgan fingerprint density at radius 3 is 2.63 bits per heavy atom. The average molecular weight is 522 g/mol. The number of halogens is 2. The van der Waals surface area contributed by atoms with Crippen molar-refractivity contribution in [1.29, 1.82) is 0 Å². The first-order chi connectivity index (χ1) is 18.4. The fraction of sp³-hybridized carbons (Fsp3) is 0.241. The number of rotatable bonds is 8. The highest BCUT2D eigenvalue weighted by atomic mass is 19.2. The molecule has 9 heteroatoms. The van der Waals surface area contributed by atoms with E-state index in [1.165, 1.54) is 18.3 Å². The van der Waals surface area contributed by atoms with Crippen LogP contribution >= 0.6 is 0 Å². The molecule has 0 unspecified atom stereocenters. The smallest absolute Gasteiger partial charge is 0.326 e. The van der Waals surface area contributed by atoms with Gasteiger partial charge in [-0.2, -0.15) is 0 Å². The minimum Gasteiger partial charge on any atom is -0.489 e. The van der Waals surface area contributed by atoms with Gasteiger partial charge >= 0.3 is 5.97 Å². The lowest BCUT2D eigenvalue weighted by Crippen LogP contribution is -2.40. The molecule has 1 amide bonds. The van der Waals surface area contributed by atoms with Gasteiger partial charge in [-0.05, 0) is 54.3 Å². The Morgan fingerprint density at radius 2 is 1.89 bits per heavy atom. The number of carboxylic acid groups (broad SMARTS) is 1. The van der Waals surface area contributed by atoms with Gasteiger partial charge in [-0.25, -0.2) is 13.6 Å². The van der Waals surface area contributed by atoms with Gasteiger partial charge in [0.25, 0.3) is 5.91 Å². The number of hydrogen-bond acceptors (Lipinski definition) is 5. The molecule has 1 aromatic heterocycles. The number of hydrogen-bond donors (Lipinski definition) is 1. The number of furan rings is 1. The topological polar surface area (TPSA) is 89.2 Å². The summed E-state index contributed by atoms with van der Waals surface area (Å²) in [6.45, 7) is 0.681. The van der Waals surface area contributed by atoms with E-state index in [2.05, 4.69) is 0 Å². The summed E-state index contributed by atoms with van der Waals surface area (Å²) in [5.74, 6) is -2.73.